The molecule has 7 heteroatoms. The molecule has 0 atom stereocenters. The molecular formula is C29H33F2N3O2. The van der Waals surface area contributed by atoms with Gasteiger partial charge < -0.3 is 9.42 Å². The van der Waals surface area contributed by atoms with Crippen molar-refractivity contribution in [1.29, 1.82) is 0 Å². The fraction of sp³-hybridized carbons (Fsp3) is 0.690. The van der Waals surface area contributed by atoms with Crippen LogP contribution < -0.4 is 4.90 Å². The van der Waals surface area contributed by atoms with Gasteiger partial charge in [-0.3, -0.25) is 4.79 Å². The summed E-state index contributed by atoms with van der Waals surface area (Å²) < 4.78 is 34.2. The Hall–Kier alpha value is -2.31. The standard InChI is InChI=1S/C29H33F2N3O2/c30-28-15-27(16-28,17-28)24(35)34(21-3-1-2-20(14-21)19-4-5-19)18-25-6-9-26(10-7-25,11-8-25)22-32-23(36-33-22)29(31)12-13-29/h1-3,14,19H,4-13,15-18H2. The second-order valence-corrected chi connectivity index (χ2v) is 13.4. The molecule has 1 aromatic carbocycles. The van der Waals surface area contributed by atoms with E-state index in [-0.39, 0.29) is 22.6 Å². The maximum atomic E-state index is 14.5. The second-order valence-electron chi connectivity index (χ2n) is 13.4. The normalized spacial score (nSPS) is 39.3. The van der Waals surface area contributed by atoms with Crippen molar-refractivity contribution in [2.45, 2.75) is 106 Å². The van der Waals surface area contributed by atoms with E-state index in [4.69, 9.17) is 4.52 Å². The fourth-order valence-electron chi connectivity index (χ4n) is 7.94. The van der Waals surface area contributed by atoms with E-state index in [0.29, 0.717) is 50.4 Å². The number of anilines is 1. The first-order chi connectivity index (χ1) is 17.2. The van der Waals surface area contributed by atoms with Gasteiger partial charge in [0.2, 0.25) is 5.91 Å². The predicted molar refractivity (Wildman–Crippen MR) is 129 cm³/mol. The lowest BCUT2D eigenvalue weighted by molar-refractivity contribution is -0.211. The SMILES string of the molecule is O=C(N(CC12CCC(c3noc(C4(F)CC4)n3)(CC1)CC2)c1cccc(C2CC2)c1)C12CC(F)(C1)C2. The van der Waals surface area contributed by atoms with Crippen LogP contribution in [-0.4, -0.2) is 28.3 Å². The summed E-state index contributed by atoms with van der Waals surface area (Å²) in [6.07, 6.45) is 10.4. The van der Waals surface area contributed by atoms with Crippen LogP contribution in [0.5, 0.6) is 0 Å². The molecule has 0 spiro atoms. The number of fused-ring (bicyclic) bond motifs is 3. The van der Waals surface area contributed by atoms with Crippen LogP contribution in [0.25, 0.3) is 0 Å². The number of benzene rings is 1. The molecule has 5 nitrogen and oxygen atoms in total. The van der Waals surface area contributed by atoms with Gasteiger partial charge in [-0.2, -0.15) is 4.98 Å². The van der Waals surface area contributed by atoms with E-state index in [9.17, 15) is 13.6 Å². The average molecular weight is 494 g/mol. The van der Waals surface area contributed by atoms with Crippen LogP contribution in [0.4, 0.5) is 14.5 Å². The highest BCUT2D eigenvalue weighted by molar-refractivity contribution is 6.00. The highest BCUT2D eigenvalue weighted by Gasteiger charge is 2.73. The molecule has 10 rings (SSSR count). The predicted octanol–water partition coefficient (Wildman–Crippen LogP) is 6.42. The van der Waals surface area contributed by atoms with Gasteiger partial charge in [0, 0.05) is 17.6 Å². The van der Waals surface area contributed by atoms with Gasteiger partial charge in [-0.15, -0.1) is 0 Å². The average Bonchev–Trinajstić information content (AvgIpc) is 3.79. The van der Waals surface area contributed by atoms with Crippen LogP contribution in [0, 0.1) is 10.8 Å². The Balaban J connectivity index is 1.05. The molecule has 8 aliphatic rings. The van der Waals surface area contributed by atoms with Gasteiger partial charge in [0.05, 0.1) is 5.41 Å². The Bertz CT molecular complexity index is 1220. The molecule has 2 aromatic rings. The number of halogens is 2. The summed E-state index contributed by atoms with van der Waals surface area (Å²) >= 11 is 0. The number of carbonyl (C=O) groups is 1. The summed E-state index contributed by atoms with van der Waals surface area (Å²) in [4.78, 5) is 20.5. The molecule has 1 amide bonds. The van der Waals surface area contributed by atoms with Gasteiger partial charge in [0.1, 0.15) is 5.67 Å². The smallest absolute Gasteiger partial charge is 0.264 e. The minimum atomic E-state index is -1.40. The van der Waals surface area contributed by atoms with E-state index >= 15 is 0 Å². The molecule has 0 unspecified atom stereocenters. The summed E-state index contributed by atoms with van der Waals surface area (Å²) in [5.41, 5.74) is -0.752. The third kappa shape index (κ3) is 3.06. The van der Waals surface area contributed by atoms with Gasteiger partial charge in [-0.1, -0.05) is 17.3 Å². The zero-order valence-corrected chi connectivity index (χ0v) is 20.7. The first kappa shape index (κ1) is 21.7. The van der Waals surface area contributed by atoms with E-state index < -0.39 is 16.8 Å². The van der Waals surface area contributed by atoms with E-state index in [1.807, 2.05) is 4.90 Å². The highest BCUT2D eigenvalue weighted by Crippen LogP contribution is 2.70. The molecule has 1 aromatic heterocycles. The quantitative estimate of drug-likeness (QED) is 0.446. The van der Waals surface area contributed by atoms with Crippen molar-refractivity contribution in [3.05, 3.63) is 41.5 Å². The molecule has 8 fully saturated rings. The fourth-order valence-corrected chi connectivity index (χ4v) is 7.94. The number of hydrogen-bond donors (Lipinski definition) is 0. The van der Waals surface area contributed by atoms with Crippen molar-refractivity contribution in [3.63, 3.8) is 0 Å². The van der Waals surface area contributed by atoms with Crippen molar-refractivity contribution < 1.29 is 18.1 Å². The van der Waals surface area contributed by atoms with E-state index in [1.165, 1.54) is 18.4 Å². The Kier molecular flexibility index (Phi) is 4.08. The monoisotopic (exact) mass is 493 g/mol. The second kappa shape index (κ2) is 6.76. The molecule has 0 radical (unpaired) electrons. The summed E-state index contributed by atoms with van der Waals surface area (Å²) in [5, 5.41) is 4.24. The summed E-state index contributed by atoms with van der Waals surface area (Å²) in [7, 11) is 0. The molecular weight excluding hydrogens is 460 g/mol. The number of hydrogen-bond acceptors (Lipinski definition) is 4. The maximum Gasteiger partial charge on any atom is 0.264 e. The van der Waals surface area contributed by atoms with E-state index in [0.717, 1.165) is 44.2 Å². The number of carbonyl (C=O) groups excluding carboxylic acids is 1. The highest BCUT2D eigenvalue weighted by atomic mass is 19.1. The minimum absolute atomic E-state index is 0.0499. The molecule has 0 saturated heterocycles. The number of amides is 1. The lowest BCUT2D eigenvalue weighted by atomic mass is 9.41. The van der Waals surface area contributed by atoms with Crippen molar-refractivity contribution in [2.24, 2.45) is 10.8 Å². The Morgan fingerprint density at radius 2 is 1.69 bits per heavy atom. The first-order valence-corrected chi connectivity index (χ1v) is 13.9. The van der Waals surface area contributed by atoms with Crippen LogP contribution >= 0.6 is 0 Å². The summed E-state index contributed by atoms with van der Waals surface area (Å²) in [5.74, 6) is 1.59. The van der Waals surface area contributed by atoms with Crippen molar-refractivity contribution in [2.75, 3.05) is 11.4 Å². The lowest BCUT2D eigenvalue weighted by Crippen LogP contribution is -2.71. The van der Waals surface area contributed by atoms with Crippen molar-refractivity contribution in [1.82, 2.24) is 10.1 Å². The topological polar surface area (TPSA) is 59.2 Å². The van der Waals surface area contributed by atoms with Gasteiger partial charge in [-0.25, -0.2) is 8.78 Å². The lowest BCUT2D eigenvalue weighted by Gasteiger charge is -2.65. The zero-order chi connectivity index (χ0) is 24.4. The van der Waals surface area contributed by atoms with Crippen LogP contribution in [-0.2, 0) is 15.9 Å². The Morgan fingerprint density at radius 1 is 1.00 bits per heavy atom. The van der Waals surface area contributed by atoms with Crippen LogP contribution in [0.2, 0.25) is 0 Å². The molecule has 0 N–H and O–H groups in total. The summed E-state index contributed by atoms with van der Waals surface area (Å²) in [6, 6.07) is 8.54. The number of nitrogens with zero attached hydrogens (tertiary/aromatic N) is 3. The minimum Gasteiger partial charge on any atom is -0.336 e. The number of alkyl halides is 2. The number of aromatic nitrogens is 2. The maximum absolute atomic E-state index is 14.5. The van der Waals surface area contributed by atoms with Crippen molar-refractivity contribution >= 4 is 11.6 Å². The van der Waals surface area contributed by atoms with Crippen molar-refractivity contribution in [3.8, 4) is 0 Å². The van der Waals surface area contributed by atoms with Crippen LogP contribution in [0.1, 0.15) is 107 Å². The summed E-state index contributed by atoms with van der Waals surface area (Å²) in [6.45, 7) is 0.697. The molecule has 8 aliphatic carbocycles. The molecule has 8 saturated carbocycles. The largest absolute Gasteiger partial charge is 0.336 e. The zero-order valence-electron chi connectivity index (χ0n) is 20.7. The first-order valence-electron chi connectivity index (χ1n) is 13.9. The van der Waals surface area contributed by atoms with Crippen LogP contribution in [0.3, 0.4) is 0 Å². The molecule has 190 valence electrons. The van der Waals surface area contributed by atoms with Gasteiger partial charge in [0.15, 0.2) is 11.5 Å². The Labute approximate surface area is 210 Å². The van der Waals surface area contributed by atoms with Gasteiger partial charge in [-0.05, 0) is 112 Å². The molecule has 36 heavy (non-hydrogen) atoms. The molecule has 0 aliphatic heterocycles. The van der Waals surface area contributed by atoms with E-state index in [2.05, 4.69) is 34.4 Å². The number of rotatable bonds is 7. The third-order valence-corrected chi connectivity index (χ3v) is 10.8. The van der Waals surface area contributed by atoms with Gasteiger partial charge in [0.25, 0.3) is 5.89 Å². The van der Waals surface area contributed by atoms with Gasteiger partial charge >= 0.3 is 0 Å². The Morgan fingerprint density at radius 3 is 2.31 bits per heavy atom. The van der Waals surface area contributed by atoms with Crippen LogP contribution in [0.15, 0.2) is 28.8 Å². The van der Waals surface area contributed by atoms with E-state index in [1.54, 1.807) is 0 Å². The molecule has 4 bridgehead atoms. The third-order valence-electron chi connectivity index (χ3n) is 10.8. The molecule has 1 heterocycles.